The highest BCUT2D eigenvalue weighted by Gasteiger charge is 2.40. The van der Waals surface area contributed by atoms with Crippen LogP contribution in [0.5, 0.6) is 0 Å². The maximum Gasteiger partial charge on any atom is 0.434 e. The maximum absolute atomic E-state index is 13.9. The fourth-order valence-electron chi connectivity index (χ4n) is 2.94. The van der Waals surface area contributed by atoms with E-state index in [1.165, 1.54) is 12.1 Å². The predicted octanol–water partition coefficient (Wildman–Crippen LogP) is 4.05. The average molecular weight is 356 g/mol. The molecule has 0 aliphatic heterocycles. The highest BCUT2D eigenvalue weighted by Crippen LogP contribution is 2.40. The number of hydrogen-bond acceptors (Lipinski definition) is 2. The summed E-state index contributed by atoms with van der Waals surface area (Å²) in [6.45, 7) is 0. The van der Waals surface area contributed by atoms with Crippen LogP contribution in [0.25, 0.3) is 0 Å². The highest BCUT2D eigenvalue weighted by molar-refractivity contribution is 5.95. The van der Waals surface area contributed by atoms with Crippen molar-refractivity contribution in [2.45, 2.75) is 31.0 Å². The van der Waals surface area contributed by atoms with Gasteiger partial charge in [-0.2, -0.15) is 13.2 Å². The Morgan fingerprint density at radius 2 is 1.76 bits per heavy atom. The molecule has 1 heterocycles. The molecule has 25 heavy (non-hydrogen) atoms. The number of carbonyl (C=O) groups excluding carboxylic acids is 1. The van der Waals surface area contributed by atoms with Crippen molar-refractivity contribution in [1.29, 1.82) is 0 Å². The van der Waals surface area contributed by atoms with Crippen LogP contribution in [0.15, 0.2) is 36.5 Å². The smallest absolute Gasteiger partial charge is 0.349 e. The normalized spacial score (nSPS) is 20.0. The fourth-order valence-corrected chi connectivity index (χ4v) is 2.94. The third kappa shape index (κ3) is 3.33. The first-order valence-electron chi connectivity index (χ1n) is 7.56. The Morgan fingerprint density at radius 3 is 2.32 bits per heavy atom. The van der Waals surface area contributed by atoms with Crippen molar-refractivity contribution in [3.63, 3.8) is 0 Å². The average Bonchev–Trinajstić information content (AvgIpc) is 2.54. The molecule has 1 amide bonds. The lowest BCUT2D eigenvalue weighted by Gasteiger charge is -2.37. The van der Waals surface area contributed by atoms with Gasteiger partial charge in [0.2, 0.25) is 0 Å². The van der Waals surface area contributed by atoms with Gasteiger partial charge >= 0.3 is 6.18 Å². The van der Waals surface area contributed by atoms with Crippen molar-refractivity contribution >= 4 is 5.91 Å². The Hall–Kier alpha value is -2.51. The van der Waals surface area contributed by atoms with Crippen LogP contribution in [-0.2, 0) is 6.18 Å². The van der Waals surface area contributed by atoms with Gasteiger partial charge in [0.25, 0.3) is 5.91 Å². The summed E-state index contributed by atoms with van der Waals surface area (Å²) in [6, 6.07) is 5.05. The number of amides is 1. The number of hydrogen-bond donors (Lipinski definition) is 1. The van der Waals surface area contributed by atoms with E-state index >= 15 is 0 Å². The van der Waals surface area contributed by atoms with E-state index in [0.717, 1.165) is 24.4 Å². The van der Waals surface area contributed by atoms with Crippen molar-refractivity contribution in [1.82, 2.24) is 10.3 Å². The standard InChI is InChI=1S/C17H13F5N2O/c18-11-4-1-5-12(19)14(11)9-6-7-13(9)24-16(25)10-3-2-8-23-15(10)17(20,21)22/h1-5,8-9,13H,6-7H2,(H,24,25). The van der Waals surface area contributed by atoms with Crippen LogP contribution in [0, 0.1) is 11.6 Å². The van der Waals surface area contributed by atoms with Gasteiger partial charge in [-0.1, -0.05) is 6.07 Å². The van der Waals surface area contributed by atoms with Crippen LogP contribution in [0.4, 0.5) is 22.0 Å². The minimum absolute atomic E-state index is 0.152. The quantitative estimate of drug-likeness (QED) is 0.843. The number of nitrogens with zero attached hydrogens (tertiary/aromatic N) is 1. The van der Waals surface area contributed by atoms with E-state index in [9.17, 15) is 26.7 Å². The number of carbonyl (C=O) groups is 1. The zero-order chi connectivity index (χ0) is 18.2. The number of rotatable bonds is 3. The Bertz CT molecular complexity index is 786. The lowest BCUT2D eigenvalue weighted by Crippen LogP contribution is -2.46. The SMILES string of the molecule is O=C(NC1CCC1c1c(F)cccc1F)c1cccnc1C(F)(F)F. The first-order valence-corrected chi connectivity index (χ1v) is 7.56. The third-order valence-corrected chi connectivity index (χ3v) is 4.28. The fraction of sp³-hybridized carbons (Fsp3) is 0.294. The maximum atomic E-state index is 13.9. The molecule has 8 heteroatoms. The van der Waals surface area contributed by atoms with E-state index in [1.807, 2.05) is 0 Å². The Labute approximate surface area is 139 Å². The van der Waals surface area contributed by atoms with E-state index in [1.54, 1.807) is 0 Å². The number of halogens is 5. The summed E-state index contributed by atoms with van der Waals surface area (Å²) < 4.78 is 66.6. The number of alkyl halides is 3. The summed E-state index contributed by atoms with van der Waals surface area (Å²) in [5, 5.41) is 2.44. The summed E-state index contributed by atoms with van der Waals surface area (Å²) in [5.74, 6) is -3.05. The molecule has 1 aromatic carbocycles. The molecule has 1 fully saturated rings. The number of pyridine rings is 1. The van der Waals surface area contributed by atoms with Crippen molar-refractivity contribution in [3.8, 4) is 0 Å². The third-order valence-electron chi connectivity index (χ3n) is 4.28. The number of aromatic nitrogens is 1. The van der Waals surface area contributed by atoms with Crippen LogP contribution in [0.2, 0.25) is 0 Å². The zero-order valence-corrected chi connectivity index (χ0v) is 12.8. The van der Waals surface area contributed by atoms with Crippen LogP contribution in [0.1, 0.15) is 40.4 Å². The second kappa shape index (κ2) is 6.42. The van der Waals surface area contributed by atoms with E-state index in [0.29, 0.717) is 12.8 Å². The molecule has 1 aliphatic carbocycles. The zero-order valence-electron chi connectivity index (χ0n) is 12.8. The number of benzene rings is 1. The minimum atomic E-state index is -4.77. The Morgan fingerprint density at radius 1 is 1.08 bits per heavy atom. The molecule has 1 saturated carbocycles. The summed E-state index contributed by atoms with van der Waals surface area (Å²) in [6.07, 6.45) is -2.97. The van der Waals surface area contributed by atoms with E-state index in [4.69, 9.17) is 0 Å². The largest absolute Gasteiger partial charge is 0.434 e. The molecule has 1 N–H and O–H groups in total. The molecule has 2 unspecified atom stereocenters. The lowest BCUT2D eigenvalue weighted by atomic mass is 9.74. The van der Waals surface area contributed by atoms with Crippen LogP contribution in [0.3, 0.4) is 0 Å². The van der Waals surface area contributed by atoms with E-state index in [2.05, 4.69) is 10.3 Å². The van der Waals surface area contributed by atoms with Gasteiger partial charge in [-0.15, -0.1) is 0 Å². The van der Waals surface area contributed by atoms with Crippen LogP contribution < -0.4 is 5.32 Å². The van der Waals surface area contributed by atoms with Crippen molar-refractivity contribution in [2.75, 3.05) is 0 Å². The lowest BCUT2D eigenvalue weighted by molar-refractivity contribution is -0.141. The molecular formula is C17H13F5N2O. The summed E-state index contributed by atoms with van der Waals surface area (Å²) in [4.78, 5) is 15.4. The van der Waals surface area contributed by atoms with Gasteiger partial charge < -0.3 is 5.32 Å². The topological polar surface area (TPSA) is 42.0 Å². The Balaban J connectivity index is 1.81. The van der Waals surface area contributed by atoms with Gasteiger partial charge in [-0.25, -0.2) is 8.78 Å². The molecule has 2 aromatic rings. The molecule has 132 valence electrons. The first kappa shape index (κ1) is 17.3. The van der Waals surface area contributed by atoms with Gasteiger partial charge in [0, 0.05) is 23.7 Å². The van der Waals surface area contributed by atoms with Crippen molar-refractivity contribution < 1.29 is 26.7 Å². The molecular weight excluding hydrogens is 343 g/mol. The van der Waals surface area contributed by atoms with Crippen LogP contribution in [-0.4, -0.2) is 16.9 Å². The molecule has 0 spiro atoms. The first-order chi connectivity index (χ1) is 11.8. The second-order valence-corrected chi connectivity index (χ2v) is 5.80. The number of nitrogens with one attached hydrogen (secondary N) is 1. The summed E-state index contributed by atoms with van der Waals surface area (Å²) in [5.41, 5.74) is -2.06. The van der Waals surface area contributed by atoms with Gasteiger partial charge in [-0.3, -0.25) is 9.78 Å². The molecule has 1 aromatic heterocycles. The summed E-state index contributed by atoms with van der Waals surface area (Å²) in [7, 11) is 0. The molecule has 0 radical (unpaired) electrons. The molecule has 1 aliphatic rings. The minimum Gasteiger partial charge on any atom is -0.349 e. The highest BCUT2D eigenvalue weighted by atomic mass is 19.4. The van der Waals surface area contributed by atoms with Gasteiger partial charge in [0.1, 0.15) is 11.6 Å². The Kier molecular flexibility index (Phi) is 4.45. The molecule has 0 saturated heterocycles. The predicted molar refractivity (Wildman–Crippen MR) is 78.8 cm³/mol. The molecule has 3 nitrogen and oxygen atoms in total. The summed E-state index contributed by atoms with van der Waals surface area (Å²) >= 11 is 0. The monoisotopic (exact) mass is 356 g/mol. The van der Waals surface area contributed by atoms with E-state index in [-0.39, 0.29) is 5.56 Å². The van der Waals surface area contributed by atoms with Gasteiger partial charge in [0.05, 0.1) is 5.56 Å². The molecule has 3 rings (SSSR count). The van der Waals surface area contributed by atoms with Gasteiger partial charge in [-0.05, 0) is 37.1 Å². The van der Waals surface area contributed by atoms with Crippen molar-refractivity contribution in [3.05, 3.63) is 65.0 Å². The van der Waals surface area contributed by atoms with E-state index < -0.39 is 46.9 Å². The van der Waals surface area contributed by atoms with Crippen LogP contribution >= 0.6 is 0 Å². The molecule has 0 bridgehead atoms. The van der Waals surface area contributed by atoms with Crippen molar-refractivity contribution in [2.24, 2.45) is 0 Å². The van der Waals surface area contributed by atoms with Gasteiger partial charge in [0.15, 0.2) is 5.69 Å². The second-order valence-electron chi connectivity index (χ2n) is 5.80. The molecule has 2 atom stereocenters.